The molecule has 2 atom stereocenters. The summed E-state index contributed by atoms with van der Waals surface area (Å²) in [6, 6.07) is 4.47. The fourth-order valence-electron chi connectivity index (χ4n) is 3.34. The Balaban J connectivity index is 1.47. The summed E-state index contributed by atoms with van der Waals surface area (Å²) < 4.78 is 0.710. The van der Waals surface area contributed by atoms with Crippen LogP contribution in [0, 0.1) is 6.92 Å². The fourth-order valence-corrected chi connectivity index (χ4v) is 6.64. The quantitative estimate of drug-likeness (QED) is 0.141. The zero-order chi connectivity index (χ0) is 23.7. The van der Waals surface area contributed by atoms with Gasteiger partial charge in [0, 0.05) is 17.1 Å². The summed E-state index contributed by atoms with van der Waals surface area (Å²) in [6.07, 6.45) is 0. The van der Waals surface area contributed by atoms with Crippen molar-refractivity contribution in [3.05, 3.63) is 46.1 Å². The third-order valence-electron chi connectivity index (χ3n) is 4.87. The number of phenols is 1. The van der Waals surface area contributed by atoms with Gasteiger partial charge in [0.1, 0.15) is 27.9 Å². The average Bonchev–Trinajstić information content (AvgIpc) is 3.22. The van der Waals surface area contributed by atoms with E-state index in [0.717, 1.165) is 5.01 Å². The molecule has 0 aliphatic carbocycles. The first kappa shape index (κ1) is 23.1. The number of carbonyl (C=O) groups is 3. The number of aryl methyl sites for hydroxylation is 1. The first-order valence-corrected chi connectivity index (χ1v) is 12.3. The maximum Gasteiger partial charge on any atom is 0.352 e. The zero-order valence-corrected chi connectivity index (χ0v) is 19.4. The molecule has 4 rings (SSSR count). The molecule has 0 radical (unpaired) electrons. The minimum absolute atomic E-state index is 0.0249. The first-order valence-electron chi connectivity index (χ1n) is 9.45. The molecule has 2 aromatic rings. The molecule has 0 bridgehead atoms. The number of thioether (sulfide) groups is 2. The summed E-state index contributed by atoms with van der Waals surface area (Å²) >= 11 is 4.10. The number of hydrogen-bond donors (Lipinski definition) is 4. The topological polar surface area (TPSA) is 165 Å². The Bertz CT molecular complexity index is 1180. The van der Waals surface area contributed by atoms with Gasteiger partial charge in [0.25, 0.3) is 11.8 Å². The number of phenolic OH excluding ortho intramolecular Hbond substituents is 1. The second kappa shape index (κ2) is 9.41. The van der Waals surface area contributed by atoms with Crippen molar-refractivity contribution in [2.75, 3.05) is 11.5 Å². The van der Waals surface area contributed by atoms with Gasteiger partial charge in [-0.3, -0.25) is 14.5 Å². The number of aromatic nitrogens is 2. The minimum atomic E-state index is -1.22. The number of carboxylic acids is 1. The first-order chi connectivity index (χ1) is 15.8. The second-order valence-electron chi connectivity index (χ2n) is 6.99. The Labute approximate surface area is 199 Å². The van der Waals surface area contributed by atoms with Gasteiger partial charge in [-0.25, -0.2) is 4.79 Å². The van der Waals surface area contributed by atoms with E-state index in [9.17, 15) is 29.8 Å². The van der Waals surface area contributed by atoms with Gasteiger partial charge in [-0.15, -0.1) is 22.0 Å². The molecule has 4 N–H and O–H groups in total. The van der Waals surface area contributed by atoms with Crippen molar-refractivity contribution in [1.29, 1.82) is 0 Å². The van der Waals surface area contributed by atoms with E-state index in [-0.39, 0.29) is 22.7 Å². The molecule has 3 heterocycles. The highest BCUT2D eigenvalue weighted by atomic mass is 32.2. The molecule has 1 unspecified atom stereocenters. The molecule has 172 valence electrons. The van der Waals surface area contributed by atoms with Crippen molar-refractivity contribution in [1.82, 2.24) is 20.4 Å². The maximum absolute atomic E-state index is 12.8. The van der Waals surface area contributed by atoms with Gasteiger partial charge >= 0.3 is 5.97 Å². The van der Waals surface area contributed by atoms with Crippen LogP contribution in [-0.4, -0.2) is 76.9 Å². The Morgan fingerprint density at radius 3 is 2.64 bits per heavy atom. The SMILES string of the molecule is Cc1nnc(SCC2=C(C(=O)O)N3C(=O)C(NC(=O)/C(=N/O)c4ccc(O)cc4)[C@H]3SC2)s1. The van der Waals surface area contributed by atoms with Crippen LogP contribution in [0.2, 0.25) is 0 Å². The van der Waals surface area contributed by atoms with E-state index in [2.05, 4.69) is 20.7 Å². The van der Waals surface area contributed by atoms with Crippen molar-refractivity contribution < 1.29 is 29.8 Å². The molecule has 2 aliphatic rings. The number of carbonyl (C=O) groups excluding carboxylic acids is 2. The van der Waals surface area contributed by atoms with Crippen LogP contribution in [0.3, 0.4) is 0 Å². The fraction of sp³-hybridized carbons (Fsp3) is 0.263. The summed E-state index contributed by atoms with van der Waals surface area (Å²) in [4.78, 5) is 38.6. The number of aliphatic carboxylic acids is 1. The number of β-lactam (4-membered cyclic amide) rings is 1. The maximum atomic E-state index is 12.8. The minimum Gasteiger partial charge on any atom is -0.508 e. The number of carboxylic acid groups (broad SMARTS) is 1. The molecule has 0 saturated carbocycles. The number of oxime groups is 1. The number of nitrogens with zero attached hydrogens (tertiary/aromatic N) is 4. The zero-order valence-electron chi connectivity index (χ0n) is 17.0. The van der Waals surface area contributed by atoms with E-state index in [4.69, 9.17) is 0 Å². The lowest BCUT2D eigenvalue weighted by Gasteiger charge is -2.49. The third kappa shape index (κ3) is 4.54. The van der Waals surface area contributed by atoms with Crippen LogP contribution in [-0.2, 0) is 14.4 Å². The molecule has 1 saturated heterocycles. The van der Waals surface area contributed by atoms with Crippen LogP contribution in [0.5, 0.6) is 5.75 Å². The molecule has 33 heavy (non-hydrogen) atoms. The third-order valence-corrected chi connectivity index (χ3v) is 8.27. The Morgan fingerprint density at radius 2 is 2.03 bits per heavy atom. The van der Waals surface area contributed by atoms with Crippen LogP contribution in [0.25, 0.3) is 0 Å². The van der Waals surface area contributed by atoms with E-state index in [1.807, 2.05) is 6.92 Å². The van der Waals surface area contributed by atoms with Gasteiger partial charge in [-0.1, -0.05) is 28.3 Å². The van der Waals surface area contributed by atoms with E-state index in [1.165, 1.54) is 64.0 Å². The highest BCUT2D eigenvalue weighted by Crippen LogP contribution is 2.41. The van der Waals surface area contributed by atoms with E-state index in [0.29, 0.717) is 21.4 Å². The number of amides is 2. The molecular formula is C19H17N5O6S3. The summed E-state index contributed by atoms with van der Waals surface area (Å²) in [5, 5.41) is 42.1. The molecule has 2 amide bonds. The number of nitrogens with one attached hydrogen (secondary N) is 1. The largest absolute Gasteiger partial charge is 0.508 e. The molecular weight excluding hydrogens is 490 g/mol. The van der Waals surface area contributed by atoms with Crippen molar-refractivity contribution in [2.24, 2.45) is 5.16 Å². The molecule has 1 aromatic carbocycles. The van der Waals surface area contributed by atoms with Crippen molar-refractivity contribution in [3.8, 4) is 5.75 Å². The highest BCUT2D eigenvalue weighted by Gasteiger charge is 2.54. The van der Waals surface area contributed by atoms with Gasteiger partial charge < -0.3 is 20.7 Å². The molecule has 2 aliphatic heterocycles. The van der Waals surface area contributed by atoms with Crippen LogP contribution in [0.4, 0.5) is 0 Å². The summed E-state index contributed by atoms with van der Waals surface area (Å²) in [7, 11) is 0. The lowest BCUT2D eigenvalue weighted by atomic mass is 10.0. The monoisotopic (exact) mass is 507 g/mol. The van der Waals surface area contributed by atoms with Crippen LogP contribution >= 0.6 is 34.9 Å². The Hall–Kier alpha value is -3.10. The van der Waals surface area contributed by atoms with Gasteiger partial charge in [0.05, 0.1) is 0 Å². The molecule has 11 nitrogen and oxygen atoms in total. The number of aromatic hydroxyl groups is 1. The smallest absolute Gasteiger partial charge is 0.352 e. The van der Waals surface area contributed by atoms with Crippen LogP contribution in [0.1, 0.15) is 10.6 Å². The molecule has 0 spiro atoms. The van der Waals surface area contributed by atoms with E-state index in [1.54, 1.807) is 0 Å². The van der Waals surface area contributed by atoms with Gasteiger partial charge in [0.15, 0.2) is 10.1 Å². The predicted molar refractivity (Wildman–Crippen MR) is 121 cm³/mol. The van der Waals surface area contributed by atoms with Crippen LogP contribution in [0.15, 0.2) is 45.0 Å². The number of rotatable bonds is 7. The summed E-state index contributed by atoms with van der Waals surface area (Å²) in [5.41, 5.74) is 0.407. The van der Waals surface area contributed by atoms with Crippen molar-refractivity contribution in [2.45, 2.75) is 22.7 Å². The van der Waals surface area contributed by atoms with E-state index < -0.39 is 29.2 Å². The summed E-state index contributed by atoms with van der Waals surface area (Å²) in [5.74, 6) is -1.89. The van der Waals surface area contributed by atoms with Crippen molar-refractivity contribution in [3.63, 3.8) is 0 Å². The molecule has 14 heteroatoms. The van der Waals surface area contributed by atoms with Gasteiger partial charge in [-0.05, 0) is 36.8 Å². The van der Waals surface area contributed by atoms with Gasteiger partial charge in [-0.2, -0.15) is 0 Å². The molecule has 1 fully saturated rings. The average molecular weight is 508 g/mol. The number of fused-ring (bicyclic) bond motifs is 1. The lowest BCUT2D eigenvalue weighted by molar-refractivity contribution is -0.150. The molecule has 1 aromatic heterocycles. The standard InChI is InChI=1S/C19H17N5O6S3/c1-8-21-22-19(33-8)32-7-10-6-31-17-13(16(27)24(17)14(10)18(28)29)20-15(26)12(23-30)9-2-4-11(25)5-3-9/h2-5,13,17,25,30H,6-7H2,1H3,(H,20,26)(H,28,29)/b23-12+/t13?,17-/m1/s1. The number of hydrogen-bond acceptors (Lipinski definition) is 11. The predicted octanol–water partition coefficient (Wildman–Crippen LogP) is 1.26. The van der Waals surface area contributed by atoms with E-state index >= 15 is 0 Å². The number of benzene rings is 1. The van der Waals surface area contributed by atoms with Crippen molar-refractivity contribution >= 4 is 58.4 Å². The van der Waals surface area contributed by atoms with Crippen LogP contribution < -0.4 is 5.32 Å². The van der Waals surface area contributed by atoms with Gasteiger partial charge in [0.2, 0.25) is 0 Å². The Morgan fingerprint density at radius 1 is 1.30 bits per heavy atom. The normalized spacial score (nSPS) is 20.3. The second-order valence-corrected chi connectivity index (χ2v) is 10.5. The highest BCUT2D eigenvalue weighted by molar-refractivity contribution is 8.01. The lowest BCUT2D eigenvalue weighted by Crippen LogP contribution is -2.71. The summed E-state index contributed by atoms with van der Waals surface area (Å²) in [6.45, 7) is 1.83. The Kier molecular flexibility index (Phi) is 6.58.